The van der Waals surface area contributed by atoms with Crippen LogP contribution in [-0.4, -0.2) is 47.1 Å². The second kappa shape index (κ2) is 14.1. The van der Waals surface area contributed by atoms with E-state index in [1.165, 1.54) is 41.9 Å². The van der Waals surface area contributed by atoms with E-state index in [-0.39, 0.29) is 43.6 Å². The third kappa shape index (κ3) is 12.5. The molecule has 0 amide bonds. The summed E-state index contributed by atoms with van der Waals surface area (Å²) in [6.07, 6.45) is 0.374. The summed E-state index contributed by atoms with van der Waals surface area (Å²) in [4.78, 5) is 42.2. The standard InChI is InChI=1S/2C8H15NO4.CH4.H2S/c2*1-6(7(10)13-4)5-8(2,3)9(11)12;;/h2*6H,5H2,1-4H3;1H4;1H2/t6-;;;/m0.../s1. The predicted molar refractivity (Wildman–Crippen MR) is 111 cm³/mol. The van der Waals surface area contributed by atoms with Gasteiger partial charge in [0.1, 0.15) is 0 Å². The van der Waals surface area contributed by atoms with Gasteiger partial charge in [-0.1, -0.05) is 21.3 Å². The van der Waals surface area contributed by atoms with Crippen molar-refractivity contribution < 1.29 is 28.9 Å². The van der Waals surface area contributed by atoms with E-state index >= 15 is 0 Å². The molecule has 28 heavy (non-hydrogen) atoms. The van der Waals surface area contributed by atoms with Crippen molar-refractivity contribution in [2.24, 2.45) is 11.8 Å². The van der Waals surface area contributed by atoms with E-state index in [9.17, 15) is 29.8 Å². The highest BCUT2D eigenvalue weighted by atomic mass is 32.1. The summed E-state index contributed by atoms with van der Waals surface area (Å²) in [5, 5.41) is 21.0. The van der Waals surface area contributed by atoms with Crippen molar-refractivity contribution in [2.45, 2.75) is 72.9 Å². The van der Waals surface area contributed by atoms with Gasteiger partial charge in [-0.2, -0.15) is 13.5 Å². The van der Waals surface area contributed by atoms with Crippen LogP contribution >= 0.6 is 13.5 Å². The molecule has 0 aromatic carbocycles. The van der Waals surface area contributed by atoms with Crippen LogP contribution < -0.4 is 0 Å². The molecule has 0 saturated carbocycles. The third-order valence-corrected chi connectivity index (χ3v) is 3.81. The average molecular weight is 429 g/mol. The average Bonchev–Trinajstić information content (AvgIpc) is 2.52. The highest BCUT2D eigenvalue weighted by Gasteiger charge is 2.36. The van der Waals surface area contributed by atoms with E-state index in [2.05, 4.69) is 9.47 Å². The van der Waals surface area contributed by atoms with Gasteiger partial charge >= 0.3 is 11.9 Å². The van der Waals surface area contributed by atoms with E-state index in [4.69, 9.17) is 0 Å². The van der Waals surface area contributed by atoms with E-state index in [0.29, 0.717) is 0 Å². The third-order valence-electron chi connectivity index (χ3n) is 3.81. The molecule has 0 spiro atoms. The number of nitro groups is 2. The number of methoxy groups -OCH3 is 2. The molecule has 0 aliphatic carbocycles. The van der Waals surface area contributed by atoms with E-state index in [1.54, 1.807) is 13.8 Å². The molecule has 0 aliphatic rings. The first-order valence-corrected chi connectivity index (χ1v) is 8.07. The lowest BCUT2D eigenvalue weighted by Crippen LogP contribution is -2.35. The summed E-state index contributed by atoms with van der Waals surface area (Å²) in [6, 6.07) is 0. The molecule has 2 atom stereocenters. The summed E-state index contributed by atoms with van der Waals surface area (Å²) < 4.78 is 8.95. The molecule has 0 bridgehead atoms. The number of rotatable bonds is 8. The number of nitrogens with zero attached hydrogens (tertiary/aromatic N) is 2. The van der Waals surface area contributed by atoms with E-state index in [1.807, 2.05) is 0 Å². The quantitative estimate of drug-likeness (QED) is 0.326. The highest BCUT2D eigenvalue weighted by Crippen LogP contribution is 2.21. The topological polar surface area (TPSA) is 139 Å². The molecule has 168 valence electrons. The van der Waals surface area contributed by atoms with Crippen LogP contribution in [0.3, 0.4) is 0 Å². The van der Waals surface area contributed by atoms with Crippen molar-refractivity contribution >= 4 is 25.4 Å². The minimum absolute atomic E-state index is 0. The number of hydrogen-bond donors (Lipinski definition) is 0. The zero-order chi connectivity index (χ0) is 21.3. The number of ether oxygens (including phenoxy) is 2. The van der Waals surface area contributed by atoms with Crippen molar-refractivity contribution in [3.05, 3.63) is 20.2 Å². The largest absolute Gasteiger partial charge is 0.469 e. The van der Waals surface area contributed by atoms with Crippen LogP contribution in [0.15, 0.2) is 0 Å². The van der Waals surface area contributed by atoms with Crippen LogP contribution in [0.1, 0.15) is 61.8 Å². The van der Waals surface area contributed by atoms with Gasteiger partial charge in [0.25, 0.3) is 0 Å². The van der Waals surface area contributed by atoms with Crippen molar-refractivity contribution in [2.75, 3.05) is 14.2 Å². The number of carbonyl (C=O) groups excluding carboxylic acids is 2. The second-order valence-electron chi connectivity index (χ2n) is 7.40. The Hall–Kier alpha value is -1.91. The van der Waals surface area contributed by atoms with E-state index in [0.717, 1.165) is 0 Å². The normalized spacial score (nSPS) is 12.6. The highest BCUT2D eigenvalue weighted by molar-refractivity contribution is 7.59. The van der Waals surface area contributed by atoms with Gasteiger partial charge in [-0.3, -0.25) is 29.8 Å². The van der Waals surface area contributed by atoms with Gasteiger partial charge in [-0.25, -0.2) is 0 Å². The van der Waals surface area contributed by atoms with Gasteiger partial charge in [-0.05, 0) is 0 Å². The first kappa shape index (κ1) is 33.7. The molecular formula is C17H36N2O8S. The summed E-state index contributed by atoms with van der Waals surface area (Å²) in [6.45, 7) is 9.21. The lowest BCUT2D eigenvalue weighted by Gasteiger charge is -2.18. The van der Waals surface area contributed by atoms with Gasteiger partial charge in [0, 0.05) is 50.4 Å². The maximum atomic E-state index is 11.0. The molecule has 0 aromatic heterocycles. The lowest BCUT2D eigenvalue weighted by molar-refractivity contribution is -0.562. The summed E-state index contributed by atoms with van der Waals surface area (Å²) >= 11 is 0. The zero-order valence-corrected chi connectivity index (χ0v) is 18.2. The molecule has 0 rings (SSSR count). The number of carbonyl (C=O) groups is 2. The van der Waals surface area contributed by atoms with Crippen LogP contribution in [0.2, 0.25) is 0 Å². The molecule has 0 aromatic rings. The molecule has 0 radical (unpaired) electrons. The first-order valence-electron chi connectivity index (χ1n) is 8.07. The smallest absolute Gasteiger partial charge is 0.308 e. The molecule has 0 heterocycles. The van der Waals surface area contributed by atoms with Crippen LogP contribution in [0.25, 0.3) is 0 Å². The molecule has 0 aliphatic heterocycles. The molecule has 0 saturated heterocycles. The zero-order valence-electron chi connectivity index (χ0n) is 17.2. The fourth-order valence-corrected chi connectivity index (χ4v) is 2.22. The fraction of sp³-hybridized carbons (Fsp3) is 0.882. The maximum absolute atomic E-state index is 11.0. The Kier molecular flexibility index (Phi) is 17.0. The number of hydrogen-bond acceptors (Lipinski definition) is 8. The summed E-state index contributed by atoms with van der Waals surface area (Å²) in [5.74, 6) is -1.69. The van der Waals surface area contributed by atoms with Crippen LogP contribution in [0, 0.1) is 32.1 Å². The molecule has 11 heteroatoms. The van der Waals surface area contributed by atoms with Gasteiger partial charge in [0.15, 0.2) is 0 Å². The molecule has 0 N–H and O–H groups in total. The van der Waals surface area contributed by atoms with Gasteiger partial charge < -0.3 is 9.47 Å². The van der Waals surface area contributed by atoms with Crippen molar-refractivity contribution in [1.82, 2.24) is 0 Å². The Bertz CT molecular complexity index is 477. The van der Waals surface area contributed by atoms with Crippen molar-refractivity contribution in [3.63, 3.8) is 0 Å². The van der Waals surface area contributed by atoms with Crippen LogP contribution in [0.4, 0.5) is 0 Å². The lowest BCUT2D eigenvalue weighted by atomic mass is 9.92. The molecular weight excluding hydrogens is 392 g/mol. The maximum Gasteiger partial charge on any atom is 0.308 e. The van der Waals surface area contributed by atoms with Gasteiger partial charge in [0.2, 0.25) is 11.1 Å². The number of esters is 2. The first-order chi connectivity index (χ1) is 11.6. The molecule has 0 fully saturated rings. The summed E-state index contributed by atoms with van der Waals surface area (Å²) in [7, 11) is 2.55. The van der Waals surface area contributed by atoms with Crippen LogP contribution in [0.5, 0.6) is 0 Å². The van der Waals surface area contributed by atoms with E-state index < -0.39 is 34.9 Å². The van der Waals surface area contributed by atoms with Gasteiger partial charge in [0.05, 0.1) is 26.1 Å². The molecule has 10 nitrogen and oxygen atoms in total. The van der Waals surface area contributed by atoms with Crippen LogP contribution in [-0.2, 0) is 19.1 Å². The Labute approximate surface area is 174 Å². The second-order valence-corrected chi connectivity index (χ2v) is 7.40. The SMILES string of the molecule is C.COC(=O)C(C)CC(C)(C)[N+](=O)[O-].COC(=O)[C@@H](C)CC(C)(C)[N+](=O)[O-].S. The fourth-order valence-electron chi connectivity index (χ4n) is 2.22. The van der Waals surface area contributed by atoms with Crippen molar-refractivity contribution in [1.29, 1.82) is 0 Å². The summed E-state index contributed by atoms with van der Waals surface area (Å²) in [5.41, 5.74) is -2.15. The van der Waals surface area contributed by atoms with Gasteiger partial charge in [-0.15, -0.1) is 0 Å². The minimum Gasteiger partial charge on any atom is -0.469 e. The Balaban J connectivity index is -0.000000192. The molecule has 1 unspecified atom stereocenters. The Morgan fingerprint density at radius 3 is 1.18 bits per heavy atom. The van der Waals surface area contributed by atoms with Crippen molar-refractivity contribution in [3.8, 4) is 0 Å². The Morgan fingerprint density at radius 1 is 0.821 bits per heavy atom. The minimum atomic E-state index is -1.08. The monoisotopic (exact) mass is 428 g/mol. The predicted octanol–water partition coefficient (Wildman–Crippen LogP) is 3.23. The Morgan fingerprint density at radius 2 is 1.04 bits per heavy atom.